The summed E-state index contributed by atoms with van der Waals surface area (Å²) in [6, 6.07) is 0. The fourth-order valence-electron chi connectivity index (χ4n) is 7.26. The van der Waals surface area contributed by atoms with E-state index in [4.69, 9.17) is 11.6 Å². The van der Waals surface area contributed by atoms with Crippen molar-refractivity contribution in [1.29, 1.82) is 0 Å². The van der Waals surface area contributed by atoms with Crippen LogP contribution in [0.25, 0.3) is 0 Å². The zero-order valence-electron chi connectivity index (χ0n) is 20.7. The number of amides is 1. The lowest BCUT2D eigenvalue weighted by Gasteiger charge is -2.43. The summed E-state index contributed by atoms with van der Waals surface area (Å²) in [6.45, 7) is 7.11. The van der Waals surface area contributed by atoms with Crippen molar-refractivity contribution in [1.82, 2.24) is 10.6 Å². The molecule has 1 amide bonds. The van der Waals surface area contributed by atoms with Crippen LogP contribution in [0.5, 0.6) is 0 Å². The Labute approximate surface area is 205 Å². The van der Waals surface area contributed by atoms with E-state index in [0.717, 1.165) is 83.3 Å². The molecule has 0 bridgehead atoms. The van der Waals surface area contributed by atoms with Crippen molar-refractivity contribution in [2.45, 2.75) is 96.0 Å². The summed E-state index contributed by atoms with van der Waals surface area (Å²) in [4.78, 5) is 17.9. The molecule has 0 aromatic heterocycles. The molecule has 4 nitrogen and oxygen atoms in total. The Morgan fingerprint density at radius 3 is 2.58 bits per heavy atom. The van der Waals surface area contributed by atoms with Crippen LogP contribution < -0.4 is 10.6 Å². The molecule has 188 valence electrons. The van der Waals surface area contributed by atoms with E-state index in [1.165, 1.54) is 0 Å². The van der Waals surface area contributed by atoms with Crippen LogP contribution in [0.4, 0.5) is 4.39 Å². The fraction of sp³-hybridized carbons (Fsp3) is 0.926. The van der Waals surface area contributed by atoms with Gasteiger partial charge < -0.3 is 10.6 Å². The molecule has 0 spiro atoms. The number of amidine groups is 1. The highest BCUT2D eigenvalue weighted by Crippen LogP contribution is 2.45. The van der Waals surface area contributed by atoms with E-state index in [2.05, 4.69) is 29.5 Å². The summed E-state index contributed by atoms with van der Waals surface area (Å²) < 4.78 is 14.0. The van der Waals surface area contributed by atoms with Gasteiger partial charge in [-0.2, -0.15) is 0 Å². The molecule has 1 aliphatic heterocycles. The third-order valence-corrected chi connectivity index (χ3v) is 9.84. The van der Waals surface area contributed by atoms with Crippen LogP contribution >= 0.6 is 11.6 Å². The van der Waals surface area contributed by atoms with Crippen molar-refractivity contribution in [2.75, 3.05) is 19.6 Å². The standard InChI is InChI=1S/C27H45ClFN3O/c1-17-11-23(29)6-7-24(17)21-12-20(16-31-26-4-3-9-30-26)13-22(14-21)27(33)32-15-19-5-8-25(28)18(2)10-19/h17-25H,3-16H2,1-2H3,(H,30,31)(H,32,33). The summed E-state index contributed by atoms with van der Waals surface area (Å²) in [5.41, 5.74) is 0. The number of halogens is 2. The molecule has 4 rings (SSSR count). The number of nitrogens with zero attached hydrogens (tertiary/aromatic N) is 1. The Morgan fingerprint density at radius 1 is 1.00 bits per heavy atom. The van der Waals surface area contributed by atoms with Gasteiger partial charge in [-0.3, -0.25) is 9.79 Å². The monoisotopic (exact) mass is 481 g/mol. The first kappa shape index (κ1) is 25.3. The van der Waals surface area contributed by atoms with Crippen LogP contribution in [0.15, 0.2) is 4.99 Å². The summed E-state index contributed by atoms with van der Waals surface area (Å²) in [5, 5.41) is 7.21. The zero-order chi connectivity index (χ0) is 23.4. The molecule has 9 unspecified atom stereocenters. The van der Waals surface area contributed by atoms with Gasteiger partial charge in [0, 0.05) is 37.4 Å². The molecule has 3 fully saturated rings. The van der Waals surface area contributed by atoms with E-state index in [9.17, 15) is 9.18 Å². The molecular formula is C27H45ClFN3O. The van der Waals surface area contributed by atoms with Gasteiger partial charge in [0.1, 0.15) is 6.17 Å². The van der Waals surface area contributed by atoms with Gasteiger partial charge in [0.2, 0.25) is 5.91 Å². The van der Waals surface area contributed by atoms with E-state index in [0.29, 0.717) is 48.3 Å². The van der Waals surface area contributed by atoms with Crippen LogP contribution in [0.3, 0.4) is 0 Å². The number of aliphatic imine (C=N–C) groups is 1. The first-order valence-corrected chi connectivity index (χ1v) is 14.2. The van der Waals surface area contributed by atoms with Crippen LogP contribution in [0.1, 0.15) is 84.5 Å². The van der Waals surface area contributed by atoms with E-state index in [-0.39, 0.29) is 17.2 Å². The third-order valence-electron chi connectivity index (χ3n) is 9.20. The van der Waals surface area contributed by atoms with Gasteiger partial charge in [-0.1, -0.05) is 13.8 Å². The Kier molecular flexibility index (Phi) is 8.98. The number of nitrogens with one attached hydrogen (secondary N) is 2. The largest absolute Gasteiger partial charge is 0.374 e. The Hall–Kier alpha value is -0.840. The summed E-state index contributed by atoms with van der Waals surface area (Å²) >= 11 is 6.40. The van der Waals surface area contributed by atoms with Gasteiger partial charge in [0.15, 0.2) is 0 Å². The summed E-state index contributed by atoms with van der Waals surface area (Å²) in [7, 11) is 0. The van der Waals surface area contributed by atoms with Gasteiger partial charge in [-0.15, -0.1) is 11.6 Å². The maximum atomic E-state index is 14.0. The van der Waals surface area contributed by atoms with Crippen LogP contribution in [0.2, 0.25) is 0 Å². The second-order valence-corrected chi connectivity index (χ2v) is 12.4. The van der Waals surface area contributed by atoms with Gasteiger partial charge in [0.25, 0.3) is 0 Å². The fourth-order valence-corrected chi connectivity index (χ4v) is 7.49. The van der Waals surface area contributed by atoms with Gasteiger partial charge >= 0.3 is 0 Å². The van der Waals surface area contributed by atoms with Crippen molar-refractivity contribution in [3.05, 3.63) is 0 Å². The Morgan fingerprint density at radius 2 is 1.85 bits per heavy atom. The highest BCUT2D eigenvalue weighted by molar-refractivity contribution is 6.20. The van der Waals surface area contributed by atoms with Crippen molar-refractivity contribution >= 4 is 23.3 Å². The third kappa shape index (κ3) is 6.86. The number of carbonyl (C=O) groups excluding carboxylic acids is 1. The molecule has 0 radical (unpaired) electrons. The first-order chi connectivity index (χ1) is 15.9. The van der Waals surface area contributed by atoms with E-state index >= 15 is 0 Å². The van der Waals surface area contributed by atoms with Crippen LogP contribution in [0, 0.1) is 41.4 Å². The quantitative estimate of drug-likeness (QED) is 0.475. The van der Waals surface area contributed by atoms with Crippen molar-refractivity contribution in [2.24, 2.45) is 46.4 Å². The molecule has 3 aliphatic carbocycles. The molecule has 6 heteroatoms. The van der Waals surface area contributed by atoms with Crippen LogP contribution in [-0.2, 0) is 4.79 Å². The first-order valence-electron chi connectivity index (χ1n) is 13.7. The molecule has 4 aliphatic rings. The van der Waals surface area contributed by atoms with E-state index in [1.54, 1.807) is 0 Å². The number of hydrogen-bond acceptors (Lipinski definition) is 3. The highest BCUT2D eigenvalue weighted by Gasteiger charge is 2.40. The number of carbonyl (C=O) groups is 1. The Balaban J connectivity index is 1.35. The SMILES string of the molecule is CC1CC(CNC(=O)C2CC(CNC3=NCCC3)CC(C3CCC(F)CC3C)C2)CCC1Cl. The predicted octanol–water partition coefficient (Wildman–Crippen LogP) is 5.73. The number of hydrogen-bond donors (Lipinski definition) is 2. The minimum Gasteiger partial charge on any atom is -0.374 e. The number of rotatable bonds is 6. The molecule has 0 aromatic carbocycles. The minimum absolute atomic E-state index is 0.0816. The topological polar surface area (TPSA) is 53.5 Å². The van der Waals surface area contributed by atoms with Crippen LogP contribution in [-0.4, -0.2) is 42.9 Å². The van der Waals surface area contributed by atoms with Gasteiger partial charge in [-0.05, 0) is 99.7 Å². The normalized spacial score (nSPS) is 41.9. The second-order valence-electron chi connectivity index (χ2n) is 11.8. The lowest BCUT2D eigenvalue weighted by Crippen LogP contribution is -2.43. The summed E-state index contributed by atoms with van der Waals surface area (Å²) in [5.74, 6) is 4.55. The molecule has 2 N–H and O–H groups in total. The molecule has 0 aromatic rings. The predicted molar refractivity (Wildman–Crippen MR) is 134 cm³/mol. The molecule has 9 atom stereocenters. The lowest BCUT2D eigenvalue weighted by atomic mass is 9.63. The van der Waals surface area contributed by atoms with E-state index in [1.807, 2.05) is 0 Å². The molecule has 0 saturated heterocycles. The molecular weight excluding hydrogens is 437 g/mol. The maximum absolute atomic E-state index is 14.0. The second kappa shape index (κ2) is 11.7. The zero-order valence-corrected chi connectivity index (χ0v) is 21.5. The lowest BCUT2D eigenvalue weighted by molar-refractivity contribution is -0.128. The minimum atomic E-state index is -0.637. The smallest absolute Gasteiger partial charge is 0.223 e. The average Bonchev–Trinajstić information content (AvgIpc) is 3.32. The van der Waals surface area contributed by atoms with E-state index < -0.39 is 6.17 Å². The average molecular weight is 482 g/mol. The molecule has 3 saturated carbocycles. The number of alkyl halides is 2. The van der Waals surface area contributed by atoms with Gasteiger partial charge in [-0.25, -0.2) is 4.39 Å². The van der Waals surface area contributed by atoms with Gasteiger partial charge in [0.05, 0.1) is 5.84 Å². The molecule has 1 heterocycles. The Bertz CT molecular complexity index is 688. The summed E-state index contributed by atoms with van der Waals surface area (Å²) in [6.07, 6.45) is 10.3. The highest BCUT2D eigenvalue weighted by atomic mass is 35.5. The van der Waals surface area contributed by atoms with Crippen molar-refractivity contribution in [3.8, 4) is 0 Å². The maximum Gasteiger partial charge on any atom is 0.223 e. The van der Waals surface area contributed by atoms with Crippen molar-refractivity contribution in [3.63, 3.8) is 0 Å². The van der Waals surface area contributed by atoms with Crippen molar-refractivity contribution < 1.29 is 9.18 Å². The molecule has 33 heavy (non-hydrogen) atoms.